The molecule has 10 heteroatoms. The topological polar surface area (TPSA) is 97.6 Å². The molecule has 0 spiro atoms. The summed E-state index contributed by atoms with van der Waals surface area (Å²) in [5, 5.41) is 7.13. The lowest BCUT2D eigenvalue weighted by Crippen LogP contribution is -2.37. The quantitative estimate of drug-likeness (QED) is 0.538. The van der Waals surface area contributed by atoms with Crippen molar-refractivity contribution in [3.63, 3.8) is 0 Å². The number of hydrogen-bond acceptors (Lipinski definition) is 7. The Kier molecular flexibility index (Phi) is 7.00. The molecular weight excluding hydrogens is 451 g/mol. The summed E-state index contributed by atoms with van der Waals surface area (Å²) < 4.78 is 23.1. The predicted molar refractivity (Wildman–Crippen MR) is 119 cm³/mol. The van der Waals surface area contributed by atoms with Crippen molar-refractivity contribution < 1.29 is 23.2 Å². The number of rotatable bonds is 6. The normalized spacial score (nSPS) is 14.8. The van der Waals surface area contributed by atoms with Gasteiger partial charge in [0.2, 0.25) is 17.6 Å². The Hall–Kier alpha value is -3.30. The number of hydrogen-bond donors (Lipinski definition) is 1. The fraction of sp³-hybridized carbons (Fsp3) is 0.304. The number of amides is 1. The van der Waals surface area contributed by atoms with Gasteiger partial charge in [0, 0.05) is 11.5 Å². The Labute approximate surface area is 194 Å². The molecule has 0 atom stereocenters. The smallest absolute Gasteiger partial charge is 0.337 e. The van der Waals surface area contributed by atoms with Gasteiger partial charge < -0.3 is 14.6 Å². The number of esters is 1. The van der Waals surface area contributed by atoms with E-state index in [0.717, 1.165) is 0 Å². The van der Waals surface area contributed by atoms with Crippen LogP contribution in [-0.2, 0) is 16.1 Å². The van der Waals surface area contributed by atoms with E-state index >= 15 is 0 Å². The maximum atomic E-state index is 13.1. The number of carbonyl (C=O) groups is 2. The van der Waals surface area contributed by atoms with Gasteiger partial charge in [-0.2, -0.15) is 4.98 Å². The van der Waals surface area contributed by atoms with Crippen molar-refractivity contribution in [3.05, 3.63) is 64.8 Å². The predicted octanol–water partition coefficient (Wildman–Crippen LogP) is 4.17. The second kappa shape index (κ2) is 10.1. The van der Waals surface area contributed by atoms with Crippen molar-refractivity contribution in [2.24, 2.45) is 5.92 Å². The minimum Gasteiger partial charge on any atom is -0.465 e. The number of anilines is 1. The van der Waals surface area contributed by atoms with E-state index in [4.69, 9.17) is 20.9 Å². The first-order valence-corrected chi connectivity index (χ1v) is 10.8. The lowest BCUT2D eigenvalue weighted by molar-refractivity contribution is -0.121. The minimum absolute atomic E-state index is 0.144. The van der Waals surface area contributed by atoms with Gasteiger partial charge in [0.15, 0.2) is 0 Å². The lowest BCUT2D eigenvalue weighted by Gasteiger charge is -2.30. The number of likely N-dealkylation sites (tertiary alicyclic amines) is 1. The van der Waals surface area contributed by atoms with Crippen LogP contribution in [0, 0.1) is 11.7 Å². The molecule has 1 saturated heterocycles. The minimum atomic E-state index is -0.501. The van der Waals surface area contributed by atoms with E-state index in [1.165, 1.54) is 25.3 Å². The van der Waals surface area contributed by atoms with E-state index in [1.807, 2.05) is 0 Å². The molecule has 1 N–H and O–H groups in total. The summed E-state index contributed by atoms with van der Waals surface area (Å²) in [7, 11) is 1.29. The average Bonchev–Trinajstić information content (AvgIpc) is 3.29. The van der Waals surface area contributed by atoms with Crippen molar-refractivity contribution in [2.75, 3.05) is 25.5 Å². The highest BCUT2D eigenvalue weighted by atomic mass is 35.5. The van der Waals surface area contributed by atoms with Crippen LogP contribution >= 0.6 is 11.6 Å². The molecule has 1 fully saturated rings. The number of piperidine rings is 1. The largest absolute Gasteiger partial charge is 0.465 e. The highest BCUT2D eigenvalue weighted by Gasteiger charge is 2.26. The maximum absolute atomic E-state index is 13.1. The first kappa shape index (κ1) is 22.9. The number of carbonyl (C=O) groups excluding carboxylic acids is 2. The number of nitrogens with zero attached hydrogens (tertiary/aromatic N) is 3. The first-order chi connectivity index (χ1) is 15.9. The van der Waals surface area contributed by atoms with E-state index in [-0.39, 0.29) is 17.6 Å². The molecule has 1 aliphatic rings. The summed E-state index contributed by atoms with van der Waals surface area (Å²) in [4.78, 5) is 31.0. The maximum Gasteiger partial charge on any atom is 0.337 e. The Morgan fingerprint density at radius 3 is 2.64 bits per heavy atom. The summed E-state index contributed by atoms with van der Waals surface area (Å²) in [6.07, 6.45) is 1.30. The molecule has 33 heavy (non-hydrogen) atoms. The number of aromatic nitrogens is 2. The summed E-state index contributed by atoms with van der Waals surface area (Å²) in [5.74, 6) is -0.285. The van der Waals surface area contributed by atoms with Crippen molar-refractivity contribution in [1.82, 2.24) is 15.0 Å². The summed E-state index contributed by atoms with van der Waals surface area (Å²) in [6.45, 7) is 1.83. The molecule has 2 heterocycles. The lowest BCUT2D eigenvalue weighted by atomic mass is 9.95. The van der Waals surface area contributed by atoms with Crippen molar-refractivity contribution in [1.29, 1.82) is 0 Å². The molecule has 0 aliphatic carbocycles. The molecule has 2 aromatic carbocycles. The highest BCUT2D eigenvalue weighted by Crippen LogP contribution is 2.26. The van der Waals surface area contributed by atoms with Crippen LogP contribution in [0.25, 0.3) is 11.4 Å². The third kappa shape index (κ3) is 5.55. The SMILES string of the molecule is COC(=O)c1ccc(Cl)c(NC(=O)C2CCN(Cc3nc(-c4ccc(F)cc4)no3)CC2)c1. The molecule has 3 aromatic rings. The molecule has 1 amide bonds. The van der Waals surface area contributed by atoms with Crippen LogP contribution < -0.4 is 5.32 Å². The van der Waals surface area contributed by atoms with E-state index in [0.29, 0.717) is 66.0 Å². The van der Waals surface area contributed by atoms with Gasteiger partial charge in [-0.05, 0) is 68.4 Å². The Bertz CT molecular complexity index is 1140. The molecule has 1 aromatic heterocycles. The molecule has 0 saturated carbocycles. The standard InChI is InChI=1S/C23H22ClFN4O4/c1-32-23(31)16-4-7-18(24)19(12-16)26-22(30)15-8-10-29(11-9-15)13-20-27-21(28-33-20)14-2-5-17(25)6-3-14/h2-7,12,15H,8-11,13H2,1H3,(H,26,30). The van der Waals surface area contributed by atoms with Crippen molar-refractivity contribution >= 4 is 29.2 Å². The van der Waals surface area contributed by atoms with Crippen LogP contribution in [0.2, 0.25) is 5.02 Å². The molecule has 0 unspecified atom stereocenters. The number of nitrogens with one attached hydrogen (secondary N) is 1. The molecular formula is C23H22ClFN4O4. The monoisotopic (exact) mass is 472 g/mol. The van der Waals surface area contributed by atoms with Crippen LogP contribution in [0.5, 0.6) is 0 Å². The fourth-order valence-electron chi connectivity index (χ4n) is 3.68. The molecule has 1 aliphatic heterocycles. The average molecular weight is 473 g/mol. The zero-order valence-corrected chi connectivity index (χ0v) is 18.6. The van der Waals surface area contributed by atoms with Gasteiger partial charge in [-0.3, -0.25) is 9.69 Å². The first-order valence-electron chi connectivity index (χ1n) is 10.4. The number of benzene rings is 2. The number of halogens is 2. The number of methoxy groups -OCH3 is 1. The van der Waals surface area contributed by atoms with Crippen LogP contribution in [-0.4, -0.2) is 47.1 Å². The van der Waals surface area contributed by atoms with Gasteiger partial charge in [-0.15, -0.1) is 0 Å². The van der Waals surface area contributed by atoms with Gasteiger partial charge >= 0.3 is 5.97 Å². The summed E-state index contributed by atoms with van der Waals surface area (Å²) in [6, 6.07) is 10.5. The molecule has 4 rings (SSSR count). The van der Waals surface area contributed by atoms with Crippen LogP contribution in [0.15, 0.2) is 47.0 Å². The third-order valence-electron chi connectivity index (χ3n) is 5.53. The highest BCUT2D eigenvalue weighted by molar-refractivity contribution is 6.33. The zero-order chi connectivity index (χ0) is 23.4. The summed E-state index contributed by atoms with van der Waals surface area (Å²) >= 11 is 6.18. The molecule has 8 nitrogen and oxygen atoms in total. The third-order valence-corrected chi connectivity index (χ3v) is 5.86. The summed E-state index contributed by atoms with van der Waals surface area (Å²) in [5.41, 5.74) is 1.37. The van der Waals surface area contributed by atoms with E-state index in [2.05, 4.69) is 20.4 Å². The van der Waals surface area contributed by atoms with E-state index < -0.39 is 5.97 Å². The Morgan fingerprint density at radius 1 is 1.21 bits per heavy atom. The Morgan fingerprint density at radius 2 is 1.94 bits per heavy atom. The second-order valence-corrected chi connectivity index (χ2v) is 8.15. The van der Waals surface area contributed by atoms with Crippen molar-refractivity contribution in [2.45, 2.75) is 19.4 Å². The number of ether oxygens (including phenoxy) is 1. The van der Waals surface area contributed by atoms with Gasteiger partial charge in [-0.25, -0.2) is 9.18 Å². The van der Waals surface area contributed by atoms with Crippen LogP contribution in [0.3, 0.4) is 0 Å². The Balaban J connectivity index is 1.31. The van der Waals surface area contributed by atoms with Crippen LogP contribution in [0.4, 0.5) is 10.1 Å². The van der Waals surface area contributed by atoms with Crippen LogP contribution in [0.1, 0.15) is 29.1 Å². The second-order valence-electron chi connectivity index (χ2n) is 7.74. The van der Waals surface area contributed by atoms with Gasteiger partial charge in [-0.1, -0.05) is 16.8 Å². The van der Waals surface area contributed by atoms with E-state index in [1.54, 1.807) is 24.3 Å². The molecule has 0 bridgehead atoms. The molecule has 172 valence electrons. The van der Waals surface area contributed by atoms with E-state index in [9.17, 15) is 14.0 Å². The van der Waals surface area contributed by atoms with Crippen molar-refractivity contribution in [3.8, 4) is 11.4 Å². The van der Waals surface area contributed by atoms with Gasteiger partial charge in [0.25, 0.3) is 0 Å². The van der Waals surface area contributed by atoms with Gasteiger partial charge in [0.05, 0.1) is 29.9 Å². The zero-order valence-electron chi connectivity index (χ0n) is 17.9. The fourth-order valence-corrected chi connectivity index (χ4v) is 3.85. The van der Waals surface area contributed by atoms with Gasteiger partial charge in [0.1, 0.15) is 5.82 Å². The molecule has 0 radical (unpaired) electrons.